The lowest BCUT2D eigenvalue weighted by atomic mass is 10.1. The van der Waals surface area contributed by atoms with Crippen LogP contribution in [0.1, 0.15) is 18.9 Å². The summed E-state index contributed by atoms with van der Waals surface area (Å²) in [7, 11) is 1.70. The first-order chi connectivity index (χ1) is 11.8. The smallest absolute Gasteiger partial charge is 0.184 e. The number of fused-ring (bicyclic) bond motifs is 1. The van der Waals surface area contributed by atoms with Crippen LogP contribution in [0.4, 0.5) is 11.4 Å². The molecule has 0 unspecified atom stereocenters. The largest absolute Gasteiger partial charge is 0.493 e. The van der Waals surface area contributed by atoms with E-state index in [1.165, 1.54) is 11.3 Å². The normalized spacial score (nSPS) is 12.8. The summed E-state index contributed by atoms with van der Waals surface area (Å²) < 4.78 is 11.2. The fourth-order valence-corrected chi connectivity index (χ4v) is 3.16. The Hall–Kier alpha value is -2.36. The van der Waals surface area contributed by atoms with Gasteiger partial charge in [0.15, 0.2) is 11.5 Å². The Balaban J connectivity index is 1.64. The Labute approximate surface area is 144 Å². The quantitative estimate of drug-likeness (QED) is 0.835. The number of nitrogens with zero attached hydrogens (tertiary/aromatic N) is 1. The van der Waals surface area contributed by atoms with Crippen LogP contribution in [0.3, 0.4) is 0 Å². The summed E-state index contributed by atoms with van der Waals surface area (Å²) >= 11 is 0. The minimum Gasteiger partial charge on any atom is -0.493 e. The maximum atomic E-state index is 5.72. The van der Waals surface area contributed by atoms with Gasteiger partial charge < -0.3 is 19.7 Å². The highest BCUT2D eigenvalue weighted by molar-refractivity contribution is 5.66. The molecular weight excluding hydrogens is 300 g/mol. The molecule has 2 aromatic carbocycles. The average molecular weight is 326 g/mol. The summed E-state index contributed by atoms with van der Waals surface area (Å²) in [6.07, 6.45) is 2.13. The van der Waals surface area contributed by atoms with Crippen molar-refractivity contribution in [1.29, 1.82) is 0 Å². The van der Waals surface area contributed by atoms with Crippen molar-refractivity contribution in [1.82, 2.24) is 0 Å². The molecule has 0 amide bonds. The fourth-order valence-electron chi connectivity index (χ4n) is 3.16. The van der Waals surface area contributed by atoms with E-state index in [0.29, 0.717) is 6.61 Å². The first kappa shape index (κ1) is 16.5. The summed E-state index contributed by atoms with van der Waals surface area (Å²) in [5.74, 6) is 1.66. The van der Waals surface area contributed by atoms with E-state index < -0.39 is 0 Å². The molecule has 3 rings (SSSR count). The molecule has 1 aliphatic heterocycles. The average Bonchev–Trinajstić information content (AvgIpc) is 2.65. The topological polar surface area (TPSA) is 33.7 Å². The van der Waals surface area contributed by atoms with Crippen LogP contribution >= 0.6 is 0 Å². The molecule has 4 nitrogen and oxygen atoms in total. The number of benzene rings is 2. The number of ether oxygens (including phenoxy) is 2. The highest BCUT2D eigenvalue weighted by Gasteiger charge is 2.16. The lowest BCUT2D eigenvalue weighted by Gasteiger charge is -2.24. The second-order valence-corrected chi connectivity index (χ2v) is 5.97. The SMILES string of the molecule is CCN(CCCc1cc2c(c(OC)c1)OCCN2)c1ccccc1. The van der Waals surface area contributed by atoms with Crippen molar-refractivity contribution < 1.29 is 9.47 Å². The monoisotopic (exact) mass is 326 g/mol. The number of anilines is 2. The first-order valence-electron chi connectivity index (χ1n) is 8.69. The van der Waals surface area contributed by atoms with Crippen LogP contribution in [0.2, 0.25) is 0 Å². The maximum absolute atomic E-state index is 5.72. The third-order valence-corrected chi connectivity index (χ3v) is 4.40. The van der Waals surface area contributed by atoms with Gasteiger partial charge >= 0.3 is 0 Å². The molecule has 0 aromatic heterocycles. The molecule has 1 heterocycles. The second-order valence-electron chi connectivity index (χ2n) is 5.97. The molecule has 1 aliphatic rings. The Morgan fingerprint density at radius 1 is 1.21 bits per heavy atom. The van der Waals surface area contributed by atoms with Crippen LogP contribution in [0.25, 0.3) is 0 Å². The Morgan fingerprint density at radius 2 is 2.04 bits per heavy atom. The predicted molar refractivity (Wildman–Crippen MR) is 99.6 cm³/mol. The van der Waals surface area contributed by atoms with E-state index in [-0.39, 0.29) is 0 Å². The third kappa shape index (κ3) is 3.75. The first-order valence-corrected chi connectivity index (χ1v) is 8.69. The van der Waals surface area contributed by atoms with Crippen molar-refractivity contribution >= 4 is 11.4 Å². The highest BCUT2D eigenvalue weighted by Crippen LogP contribution is 2.38. The van der Waals surface area contributed by atoms with Crippen molar-refractivity contribution in [2.75, 3.05) is 43.6 Å². The van der Waals surface area contributed by atoms with Gasteiger partial charge in [-0.15, -0.1) is 0 Å². The lowest BCUT2D eigenvalue weighted by molar-refractivity contribution is 0.298. The van der Waals surface area contributed by atoms with Crippen molar-refractivity contribution in [2.45, 2.75) is 19.8 Å². The summed E-state index contributed by atoms with van der Waals surface area (Å²) in [6, 6.07) is 14.9. The van der Waals surface area contributed by atoms with E-state index in [9.17, 15) is 0 Å². The molecule has 0 radical (unpaired) electrons. The second kappa shape index (κ2) is 7.95. The van der Waals surface area contributed by atoms with Gasteiger partial charge in [0.05, 0.1) is 12.8 Å². The van der Waals surface area contributed by atoms with Crippen molar-refractivity contribution in [3.8, 4) is 11.5 Å². The maximum Gasteiger partial charge on any atom is 0.184 e. The summed E-state index contributed by atoms with van der Waals surface area (Å²) in [4.78, 5) is 2.41. The molecule has 0 spiro atoms. The Kier molecular flexibility index (Phi) is 5.47. The Bertz CT molecular complexity index is 641. The van der Waals surface area contributed by atoms with Crippen LogP contribution in [-0.4, -0.2) is 33.4 Å². The fraction of sp³-hybridized carbons (Fsp3) is 0.400. The minimum atomic E-state index is 0.686. The molecule has 0 saturated carbocycles. The predicted octanol–water partition coefficient (Wildman–Crippen LogP) is 3.96. The van der Waals surface area contributed by atoms with E-state index in [4.69, 9.17) is 9.47 Å². The molecular formula is C20H26N2O2. The van der Waals surface area contributed by atoms with Gasteiger partial charge in [0.2, 0.25) is 0 Å². The number of para-hydroxylation sites is 1. The summed E-state index contributed by atoms with van der Waals surface area (Å²) in [5, 5.41) is 3.40. The number of methoxy groups -OCH3 is 1. The van der Waals surface area contributed by atoms with Gasteiger partial charge in [0, 0.05) is 25.3 Å². The summed E-state index contributed by atoms with van der Waals surface area (Å²) in [5.41, 5.74) is 3.62. The Morgan fingerprint density at radius 3 is 2.79 bits per heavy atom. The van der Waals surface area contributed by atoms with Crippen LogP contribution in [-0.2, 0) is 6.42 Å². The molecule has 0 atom stereocenters. The highest BCUT2D eigenvalue weighted by atomic mass is 16.5. The zero-order valence-electron chi connectivity index (χ0n) is 14.5. The number of aryl methyl sites for hydroxylation is 1. The molecule has 128 valence electrons. The van der Waals surface area contributed by atoms with E-state index in [1.807, 2.05) is 0 Å². The molecule has 0 aliphatic carbocycles. The van der Waals surface area contributed by atoms with Gasteiger partial charge in [0.1, 0.15) is 6.61 Å². The van der Waals surface area contributed by atoms with Gasteiger partial charge in [-0.3, -0.25) is 0 Å². The van der Waals surface area contributed by atoms with Gasteiger partial charge in [0.25, 0.3) is 0 Å². The molecule has 0 fully saturated rings. The standard InChI is InChI=1S/C20H26N2O2/c1-3-22(17-9-5-4-6-10-17)12-7-8-16-14-18-20(19(15-16)23-2)24-13-11-21-18/h4-6,9-10,14-15,21H,3,7-8,11-13H2,1-2H3. The molecule has 2 aromatic rings. The zero-order valence-corrected chi connectivity index (χ0v) is 14.5. The van der Waals surface area contributed by atoms with Crippen LogP contribution in [0, 0.1) is 0 Å². The van der Waals surface area contributed by atoms with Crippen LogP contribution in [0.5, 0.6) is 11.5 Å². The minimum absolute atomic E-state index is 0.686. The van der Waals surface area contributed by atoms with E-state index in [1.54, 1.807) is 7.11 Å². The van der Waals surface area contributed by atoms with E-state index >= 15 is 0 Å². The van der Waals surface area contributed by atoms with Gasteiger partial charge in [-0.25, -0.2) is 0 Å². The van der Waals surface area contributed by atoms with Crippen LogP contribution < -0.4 is 19.7 Å². The van der Waals surface area contributed by atoms with Gasteiger partial charge in [-0.2, -0.15) is 0 Å². The molecule has 24 heavy (non-hydrogen) atoms. The van der Waals surface area contributed by atoms with Crippen molar-refractivity contribution in [3.63, 3.8) is 0 Å². The number of rotatable bonds is 7. The number of hydrogen-bond acceptors (Lipinski definition) is 4. The molecule has 0 bridgehead atoms. The molecule has 1 N–H and O–H groups in total. The van der Waals surface area contributed by atoms with Crippen molar-refractivity contribution in [2.24, 2.45) is 0 Å². The van der Waals surface area contributed by atoms with E-state index in [0.717, 1.165) is 49.7 Å². The van der Waals surface area contributed by atoms with Crippen molar-refractivity contribution in [3.05, 3.63) is 48.0 Å². The summed E-state index contributed by atoms with van der Waals surface area (Å²) in [6.45, 7) is 5.80. The van der Waals surface area contributed by atoms with Crippen LogP contribution in [0.15, 0.2) is 42.5 Å². The lowest BCUT2D eigenvalue weighted by Crippen LogP contribution is -2.24. The molecule has 0 saturated heterocycles. The third-order valence-electron chi connectivity index (χ3n) is 4.40. The number of hydrogen-bond donors (Lipinski definition) is 1. The van der Waals surface area contributed by atoms with E-state index in [2.05, 4.69) is 59.6 Å². The number of nitrogens with one attached hydrogen (secondary N) is 1. The van der Waals surface area contributed by atoms with Gasteiger partial charge in [-0.05, 0) is 49.6 Å². The zero-order chi connectivity index (χ0) is 16.8. The molecule has 4 heteroatoms. The van der Waals surface area contributed by atoms with Gasteiger partial charge in [-0.1, -0.05) is 18.2 Å².